The van der Waals surface area contributed by atoms with Crippen molar-refractivity contribution in [2.24, 2.45) is 0 Å². The minimum Gasteiger partial charge on any atom is -0.493 e. The van der Waals surface area contributed by atoms with E-state index in [9.17, 15) is 9.18 Å². The quantitative estimate of drug-likeness (QED) is 0.619. The number of ether oxygens (including phenoxy) is 1. The SMILES string of the molecule is O=C(CNc1ccc(OCCc2ccccc2)cc1)Nc1ccccc1F. The second kappa shape index (κ2) is 9.38. The van der Waals surface area contributed by atoms with Crippen molar-refractivity contribution in [3.63, 3.8) is 0 Å². The van der Waals surface area contributed by atoms with Crippen molar-refractivity contribution in [3.05, 3.63) is 90.2 Å². The van der Waals surface area contributed by atoms with Crippen LogP contribution in [-0.2, 0) is 11.2 Å². The minimum absolute atomic E-state index is 0.0442. The maximum Gasteiger partial charge on any atom is 0.243 e. The molecule has 0 spiro atoms. The van der Waals surface area contributed by atoms with E-state index in [-0.39, 0.29) is 18.1 Å². The van der Waals surface area contributed by atoms with Crippen molar-refractivity contribution in [2.75, 3.05) is 23.8 Å². The summed E-state index contributed by atoms with van der Waals surface area (Å²) in [5.41, 5.74) is 2.19. The number of para-hydroxylation sites is 1. The van der Waals surface area contributed by atoms with Crippen molar-refractivity contribution >= 4 is 17.3 Å². The standard InChI is InChI=1S/C22H21FN2O2/c23-20-8-4-5-9-21(20)25-22(26)16-24-18-10-12-19(13-11-18)27-15-14-17-6-2-1-3-7-17/h1-13,24H,14-16H2,(H,25,26). The Bertz CT molecular complexity index is 867. The van der Waals surface area contributed by atoms with Crippen LogP contribution < -0.4 is 15.4 Å². The van der Waals surface area contributed by atoms with E-state index < -0.39 is 5.82 Å². The zero-order valence-electron chi connectivity index (χ0n) is 14.8. The molecule has 0 unspecified atom stereocenters. The first-order chi connectivity index (χ1) is 13.2. The van der Waals surface area contributed by atoms with Crippen LogP contribution in [0.25, 0.3) is 0 Å². The summed E-state index contributed by atoms with van der Waals surface area (Å²) < 4.78 is 19.3. The summed E-state index contributed by atoms with van der Waals surface area (Å²) in [7, 11) is 0. The third-order valence-electron chi connectivity index (χ3n) is 3.96. The largest absolute Gasteiger partial charge is 0.493 e. The van der Waals surface area contributed by atoms with Gasteiger partial charge in [-0.2, -0.15) is 0 Å². The molecule has 1 amide bonds. The number of anilines is 2. The van der Waals surface area contributed by atoms with Gasteiger partial charge in [-0.15, -0.1) is 0 Å². The van der Waals surface area contributed by atoms with Crippen LogP contribution in [0.1, 0.15) is 5.56 Å². The lowest BCUT2D eigenvalue weighted by Crippen LogP contribution is -2.22. The first-order valence-electron chi connectivity index (χ1n) is 8.76. The summed E-state index contributed by atoms with van der Waals surface area (Å²) in [6, 6.07) is 23.6. The van der Waals surface area contributed by atoms with Gasteiger partial charge in [-0.1, -0.05) is 42.5 Å². The Morgan fingerprint density at radius 3 is 2.33 bits per heavy atom. The molecule has 0 aliphatic carbocycles. The molecule has 3 aromatic rings. The number of halogens is 1. The molecule has 4 nitrogen and oxygen atoms in total. The Morgan fingerprint density at radius 1 is 0.889 bits per heavy atom. The van der Waals surface area contributed by atoms with Crippen molar-refractivity contribution in [2.45, 2.75) is 6.42 Å². The zero-order chi connectivity index (χ0) is 18.9. The van der Waals surface area contributed by atoms with Crippen LogP contribution in [-0.4, -0.2) is 19.1 Å². The van der Waals surface area contributed by atoms with Crippen LogP contribution in [0.2, 0.25) is 0 Å². The Morgan fingerprint density at radius 2 is 1.59 bits per heavy atom. The fourth-order valence-corrected chi connectivity index (χ4v) is 2.54. The molecular weight excluding hydrogens is 343 g/mol. The Balaban J connectivity index is 1.42. The Labute approximate surface area is 158 Å². The predicted octanol–water partition coefficient (Wildman–Crippen LogP) is 4.50. The number of carbonyl (C=O) groups is 1. The number of nitrogens with one attached hydrogen (secondary N) is 2. The van der Waals surface area contributed by atoms with E-state index in [1.807, 2.05) is 42.5 Å². The second-order valence-electron chi connectivity index (χ2n) is 5.99. The zero-order valence-corrected chi connectivity index (χ0v) is 14.8. The minimum atomic E-state index is -0.456. The van der Waals surface area contributed by atoms with Gasteiger partial charge in [0.15, 0.2) is 0 Å². The number of amides is 1. The molecule has 5 heteroatoms. The second-order valence-corrected chi connectivity index (χ2v) is 5.99. The highest BCUT2D eigenvalue weighted by atomic mass is 19.1. The van der Waals surface area contributed by atoms with Gasteiger partial charge in [0, 0.05) is 12.1 Å². The molecule has 27 heavy (non-hydrogen) atoms. The van der Waals surface area contributed by atoms with Gasteiger partial charge in [0.05, 0.1) is 18.8 Å². The number of carbonyl (C=O) groups excluding carboxylic acids is 1. The van der Waals surface area contributed by atoms with E-state index in [2.05, 4.69) is 22.8 Å². The summed E-state index contributed by atoms with van der Waals surface area (Å²) in [5.74, 6) is -0.00145. The van der Waals surface area contributed by atoms with E-state index in [1.54, 1.807) is 12.1 Å². The van der Waals surface area contributed by atoms with E-state index in [0.29, 0.717) is 6.61 Å². The molecule has 3 aromatic carbocycles. The van der Waals surface area contributed by atoms with Gasteiger partial charge in [-0.25, -0.2) is 4.39 Å². The van der Waals surface area contributed by atoms with Gasteiger partial charge in [0.1, 0.15) is 11.6 Å². The summed E-state index contributed by atoms with van der Waals surface area (Å²) >= 11 is 0. The summed E-state index contributed by atoms with van der Waals surface area (Å²) in [6.45, 7) is 0.643. The van der Waals surface area contributed by atoms with Crippen LogP contribution in [0.3, 0.4) is 0 Å². The van der Waals surface area contributed by atoms with Gasteiger partial charge in [-0.05, 0) is 42.0 Å². The average Bonchev–Trinajstić information content (AvgIpc) is 2.70. The van der Waals surface area contributed by atoms with E-state index >= 15 is 0 Å². The molecule has 0 aliphatic rings. The van der Waals surface area contributed by atoms with Gasteiger partial charge in [0.2, 0.25) is 5.91 Å². The number of rotatable bonds is 8. The van der Waals surface area contributed by atoms with Crippen molar-refractivity contribution in [1.82, 2.24) is 0 Å². The molecule has 0 fully saturated rings. The Kier molecular flexibility index (Phi) is 6.41. The molecule has 0 saturated heterocycles. The predicted molar refractivity (Wildman–Crippen MR) is 106 cm³/mol. The smallest absolute Gasteiger partial charge is 0.243 e. The van der Waals surface area contributed by atoms with Crippen molar-refractivity contribution < 1.29 is 13.9 Å². The molecule has 0 atom stereocenters. The molecule has 138 valence electrons. The monoisotopic (exact) mass is 364 g/mol. The maximum absolute atomic E-state index is 13.5. The first-order valence-corrected chi connectivity index (χ1v) is 8.76. The normalized spacial score (nSPS) is 10.3. The maximum atomic E-state index is 13.5. The summed E-state index contributed by atoms with van der Waals surface area (Å²) in [6.07, 6.45) is 0.844. The fraction of sp³-hybridized carbons (Fsp3) is 0.136. The van der Waals surface area contributed by atoms with Gasteiger partial charge in [-0.3, -0.25) is 4.79 Å². The molecule has 2 N–H and O–H groups in total. The summed E-state index contributed by atoms with van der Waals surface area (Å²) in [5, 5.41) is 5.54. The highest BCUT2D eigenvalue weighted by Crippen LogP contribution is 2.16. The molecule has 0 heterocycles. The molecule has 0 radical (unpaired) electrons. The summed E-state index contributed by atoms with van der Waals surface area (Å²) in [4.78, 5) is 11.9. The molecule has 0 saturated carbocycles. The topological polar surface area (TPSA) is 50.4 Å². The first kappa shape index (κ1) is 18.5. The third kappa shape index (κ3) is 5.85. The van der Waals surface area contributed by atoms with Crippen molar-refractivity contribution in [3.8, 4) is 5.75 Å². The van der Waals surface area contributed by atoms with E-state index in [0.717, 1.165) is 17.9 Å². The highest BCUT2D eigenvalue weighted by Gasteiger charge is 2.06. The van der Waals surface area contributed by atoms with Crippen LogP contribution >= 0.6 is 0 Å². The van der Waals surface area contributed by atoms with Crippen molar-refractivity contribution in [1.29, 1.82) is 0 Å². The fourth-order valence-electron chi connectivity index (χ4n) is 2.54. The van der Waals surface area contributed by atoms with Crippen LogP contribution in [0.5, 0.6) is 5.75 Å². The lowest BCUT2D eigenvalue weighted by atomic mass is 10.2. The van der Waals surface area contributed by atoms with Crippen LogP contribution in [0, 0.1) is 5.82 Å². The van der Waals surface area contributed by atoms with Gasteiger partial charge < -0.3 is 15.4 Å². The van der Waals surface area contributed by atoms with Crippen LogP contribution in [0.15, 0.2) is 78.9 Å². The lowest BCUT2D eigenvalue weighted by molar-refractivity contribution is -0.114. The molecule has 0 bridgehead atoms. The van der Waals surface area contributed by atoms with Crippen LogP contribution in [0.4, 0.5) is 15.8 Å². The van der Waals surface area contributed by atoms with E-state index in [1.165, 1.54) is 17.7 Å². The molecule has 0 aliphatic heterocycles. The Hall–Kier alpha value is -3.34. The molecule has 0 aromatic heterocycles. The average molecular weight is 364 g/mol. The number of hydrogen-bond acceptors (Lipinski definition) is 3. The third-order valence-corrected chi connectivity index (χ3v) is 3.96. The lowest BCUT2D eigenvalue weighted by Gasteiger charge is -2.10. The molecular formula is C22H21FN2O2. The van der Waals surface area contributed by atoms with Gasteiger partial charge >= 0.3 is 0 Å². The van der Waals surface area contributed by atoms with E-state index in [4.69, 9.17) is 4.74 Å². The number of benzene rings is 3. The number of hydrogen-bond donors (Lipinski definition) is 2. The van der Waals surface area contributed by atoms with Gasteiger partial charge in [0.25, 0.3) is 0 Å². The highest BCUT2D eigenvalue weighted by molar-refractivity contribution is 5.93. The molecule has 3 rings (SSSR count).